The number of hydrogen-bond donors (Lipinski definition) is 2. The number of carbonyl (C=O) groups is 1. The maximum Gasteiger partial charge on any atom is 0.407 e. The molecule has 1 amide bonds. The molecule has 0 bridgehead atoms. The normalized spacial score (nSPS) is 17.8. The number of nitrogens with one attached hydrogen (secondary N) is 1. The average molecular weight is 689 g/mol. The highest BCUT2D eigenvalue weighted by Crippen LogP contribution is 2.16. The second kappa shape index (κ2) is 21.5. The molecule has 0 spiro atoms. The van der Waals surface area contributed by atoms with E-state index in [1.54, 1.807) is 0 Å². The number of ether oxygens (including phenoxy) is 3. The minimum atomic E-state index is -0.391. The number of hydrogen-bond acceptors (Lipinski definition) is 9. The van der Waals surface area contributed by atoms with Crippen molar-refractivity contribution < 1.29 is 19.0 Å². The molecule has 0 saturated carbocycles. The molecule has 3 N–H and O–H groups in total. The van der Waals surface area contributed by atoms with Crippen LogP contribution in [0.2, 0.25) is 0 Å². The number of carbonyl (C=O) groups excluding carboxylic acids is 1. The quantitative estimate of drug-likeness (QED) is 0.215. The smallest absolute Gasteiger partial charge is 0.407 e. The van der Waals surface area contributed by atoms with E-state index in [0.717, 1.165) is 74.8 Å². The van der Waals surface area contributed by atoms with Gasteiger partial charge in [-0.3, -0.25) is 9.80 Å². The SMILES string of the molecule is CN(C)[C@@H]1CCN(CCOc2ccc(CCN)cc2)C1.CN(C)[C@@H]1CCN(CCOc2ccc(CCNC(=O)OCc3ccccc3)cc2)C1. The number of likely N-dealkylation sites (N-methyl/N-ethyl adjacent to an activating group) is 2. The molecule has 0 unspecified atom stereocenters. The van der Waals surface area contributed by atoms with E-state index in [9.17, 15) is 4.79 Å². The van der Waals surface area contributed by atoms with E-state index in [-0.39, 0.29) is 6.61 Å². The molecule has 2 atom stereocenters. The molecule has 274 valence electrons. The summed E-state index contributed by atoms with van der Waals surface area (Å²) in [5.41, 5.74) is 8.94. The van der Waals surface area contributed by atoms with Gasteiger partial charge in [0.1, 0.15) is 31.3 Å². The Kier molecular flexibility index (Phi) is 16.8. The molecule has 10 heteroatoms. The molecule has 2 fully saturated rings. The minimum absolute atomic E-state index is 0.284. The first-order valence-corrected chi connectivity index (χ1v) is 18.1. The van der Waals surface area contributed by atoms with Gasteiger partial charge in [-0.25, -0.2) is 4.79 Å². The maximum atomic E-state index is 11.8. The van der Waals surface area contributed by atoms with Gasteiger partial charge < -0.3 is 35.1 Å². The van der Waals surface area contributed by atoms with Gasteiger partial charge in [-0.2, -0.15) is 0 Å². The Balaban J connectivity index is 0.000000244. The van der Waals surface area contributed by atoms with Gasteiger partial charge in [-0.1, -0.05) is 54.6 Å². The zero-order valence-electron chi connectivity index (χ0n) is 30.8. The molecule has 5 rings (SSSR count). The summed E-state index contributed by atoms with van der Waals surface area (Å²) in [6, 6.07) is 27.4. The van der Waals surface area contributed by atoms with E-state index in [2.05, 4.69) is 65.2 Å². The van der Waals surface area contributed by atoms with Crippen LogP contribution in [0.4, 0.5) is 4.79 Å². The molecule has 50 heavy (non-hydrogen) atoms. The molecule has 2 heterocycles. The highest BCUT2D eigenvalue weighted by Gasteiger charge is 2.24. The molecule has 3 aromatic carbocycles. The lowest BCUT2D eigenvalue weighted by atomic mass is 10.1. The lowest BCUT2D eigenvalue weighted by molar-refractivity contribution is 0.140. The Morgan fingerprint density at radius 2 is 1.22 bits per heavy atom. The van der Waals surface area contributed by atoms with Crippen LogP contribution in [0.25, 0.3) is 0 Å². The summed E-state index contributed by atoms with van der Waals surface area (Å²) in [6.07, 6.45) is 3.79. The third-order valence-electron chi connectivity index (χ3n) is 9.48. The molecule has 2 aliphatic rings. The lowest BCUT2D eigenvalue weighted by Crippen LogP contribution is -2.33. The Hall–Kier alpha value is -3.67. The predicted molar refractivity (Wildman–Crippen MR) is 202 cm³/mol. The summed E-state index contributed by atoms with van der Waals surface area (Å²) in [5.74, 6) is 1.84. The number of amides is 1. The summed E-state index contributed by atoms with van der Waals surface area (Å²) in [7, 11) is 8.62. The number of rotatable bonds is 17. The van der Waals surface area contributed by atoms with Gasteiger partial charge in [0.2, 0.25) is 0 Å². The van der Waals surface area contributed by atoms with Crippen LogP contribution in [0.15, 0.2) is 78.9 Å². The third-order valence-corrected chi connectivity index (χ3v) is 9.48. The monoisotopic (exact) mass is 688 g/mol. The summed E-state index contributed by atoms with van der Waals surface area (Å²) < 4.78 is 16.9. The van der Waals surface area contributed by atoms with Crippen molar-refractivity contribution in [3.05, 3.63) is 95.6 Å². The standard InChI is InChI=1S/C24H33N3O3.C16H27N3O/c1-26(2)22-13-15-27(18-22)16-17-29-23-10-8-20(9-11-23)12-14-25-24(28)30-19-21-6-4-3-5-7-21;1-18(2)15-8-10-19(13-15)11-12-20-16-5-3-14(4-6-16)7-9-17/h3-11,22H,12-19H2,1-2H3,(H,25,28);3-6,15H,7-13,17H2,1-2H3/t22-;15-/m11/s1. The fraction of sp³-hybridized carbons (Fsp3) is 0.525. The molecule has 2 saturated heterocycles. The zero-order chi connectivity index (χ0) is 35.6. The number of alkyl carbamates (subject to hydrolysis) is 1. The van der Waals surface area contributed by atoms with Crippen molar-refractivity contribution in [2.45, 2.75) is 44.4 Å². The highest BCUT2D eigenvalue weighted by atomic mass is 16.5. The fourth-order valence-corrected chi connectivity index (χ4v) is 6.21. The summed E-state index contributed by atoms with van der Waals surface area (Å²) >= 11 is 0. The van der Waals surface area contributed by atoms with Crippen LogP contribution in [0, 0.1) is 0 Å². The number of likely N-dealkylation sites (tertiary alicyclic amines) is 2. The van der Waals surface area contributed by atoms with Gasteiger partial charge in [-0.15, -0.1) is 0 Å². The van der Waals surface area contributed by atoms with Crippen molar-refractivity contribution in [2.24, 2.45) is 5.73 Å². The Morgan fingerprint density at radius 3 is 1.68 bits per heavy atom. The lowest BCUT2D eigenvalue weighted by Gasteiger charge is -2.20. The predicted octanol–water partition coefficient (Wildman–Crippen LogP) is 4.37. The van der Waals surface area contributed by atoms with Crippen molar-refractivity contribution in [1.82, 2.24) is 24.9 Å². The first-order chi connectivity index (χ1) is 24.3. The molecule has 0 aromatic heterocycles. The first kappa shape index (κ1) is 39.1. The molecule has 2 aliphatic heterocycles. The van der Waals surface area contributed by atoms with Crippen LogP contribution >= 0.6 is 0 Å². The second-order valence-corrected chi connectivity index (χ2v) is 13.7. The van der Waals surface area contributed by atoms with Crippen molar-refractivity contribution >= 4 is 6.09 Å². The third kappa shape index (κ3) is 14.3. The topological polar surface area (TPSA) is 95.8 Å². The van der Waals surface area contributed by atoms with Crippen LogP contribution in [-0.4, -0.2) is 132 Å². The largest absolute Gasteiger partial charge is 0.492 e. The second-order valence-electron chi connectivity index (χ2n) is 13.7. The van der Waals surface area contributed by atoms with Crippen LogP contribution in [0.1, 0.15) is 29.5 Å². The summed E-state index contributed by atoms with van der Waals surface area (Å²) in [5, 5.41) is 2.79. The average Bonchev–Trinajstić information content (AvgIpc) is 3.81. The van der Waals surface area contributed by atoms with E-state index >= 15 is 0 Å². The number of nitrogens with zero attached hydrogens (tertiary/aromatic N) is 4. The fourth-order valence-electron chi connectivity index (χ4n) is 6.21. The Bertz CT molecular complexity index is 1360. The molecular weight excluding hydrogens is 628 g/mol. The van der Waals surface area contributed by atoms with Crippen LogP contribution in [0.5, 0.6) is 11.5 Å². The first-order valence-electron chi connectivity index (χ1n) is 18.1. The maximum absolute atomic E-state index is 11.8. The van der Waals surface area contributed by atoms with E-state index in [1.165, 1.54) is 24.9 Å². The van der Waals surface area contributed by atoms with Crippen molar-refractivity contribution in [2.75, 3.05) is 93.8 Å². The van der Waals surface area contributed by atoms with Crippen LogP contribution < -0.4 is 20.5 Å². The van der Waals surface area contributed by atoms with E-state index in [4.69, 9.17) is 19.9 Å². The number of benzene rings is 3. The Morgan fingerprint density at radius 1 is 0.720 bits per heavy atom. The van der Waals surface area contributed by atoms with Crippen LogP contribution in [-0.2, 0) is 24.2 Å². The van der Waals surface area contributed by atoms with Gasteiger partial charge in [0.15, 0.2) is 0 Å². The zero-order valence-corrected chi connectivity index (χ0v) is 30.8. The van der Waals surface area contributed by atoms with Crippen molar-refractivity contribution in [1.29, 1.82) is 0 Å². The van der Waals surface area contributed by atoms with Gasteiger partial charge in [0.05, 0.1) is 0 Å². The highest BCUT2D eigenvalue weighted by molar-refractivity contribution is 5.67. The van der Waals surface area contributed by atoms with Gasteiger partial charge >= 0.3 is 6.09 Å². The summed E-state index contributed by atoms with van der Waals surface area (Å²) in [6.45, 7) is 9.56. The minimum Gasteiger partial charge on any atom is -0.492 e. The summed E-state index contributed by atoms with van der Waals surface area (Å²) in [4.78, 5) is 21.3. The van der Waals surface area contributed by atoms with E-state index < -0.39 is 6.09 Å². The molecule has 10 nitrogen and oxygen atoms in total. The molecule has 3 aromatic rings. The Labute approximate surface area is 300 Å². The van der Waals surface area contributed by atoms with E-state index in [1.807, 2.05) is 66.7 Å². The van der Waals surface area contributed by atoms with Gasteiger partial charge in [0, 0.05) is 44.8 Å². The van der Waals surface area contributed by atoms with Crippen molar-refractivity contribution in [3.63, 3.8) is 0 Å². The van der Waals surface area contributed by atoms with Crippen molar-refractivity contribution in [3.8, 4) is 11.5 Å². The van der Waals surface area contributed by atoms with E-state index in [0.29, 0.717) is 31.8 Å². The molecular formula is C40H60N6O4. The van der Waals surface area contributed by atoms with Crippen LogP contribution in [0.3, 0.4) is 0 Å². The molecule has 0 radical (unpaired) electrons. The van der Waals surface area contributed by atoms with Gasteiger partial charge in [-0.05, 0) is 114 Å². The molecule has 0 aliphatic carbocycles. The van der Waals surface area contributed by atoms with Gasteiger partial charge in [0.25, 0.3) is 0 Å². The number of nitrogens with two attached hydrogens (primary N) is 1.